The number of thiophene rings is 1. The van der Waals surface area contributed by atoms with Crippen LogP contribution in [0.3, 0.4) is 0 Å². The van der Waals surface area contributed by atoms with Crippen LogP contribution in [0.15, 0.2) is 41.8 Å². The average molecular weight is 397 g/mol. The normalized spacial score (nSPS) is 11.5. The van der Waals surface area contributed by atoms with E-state index in [2.05, 4.69) is 23.6 Å². The average Bonchev–Trinajstić information content (AvgIpc) is 3.32. The number of pyridine rings is 1. The molecule has 0 aliphatic rings. The zero-order valence-electron chi connectivity index (χ0n) is 15.2. The van der Waals surface area contributed by atoms with Gasteiger partial charge < -0.3 is 4.57 Å². The lowest BCUT2D eigenvalue weighted by Gasteiger charge is -2.09. The predicted molar refractivity (Wildman–Crippen MR) is 115 cm³/mol. The lowest BCUT2D eigenvalue weighted by atomic mass is 10.1. The first-order valence-corrected chi connectivity index (χ1v) is 10.6. The Bertz CT molecular complexity index is 1100. The molecular formula is C22H21ClN2OS. The standard InChI is InChI=1S/C22H21ClN2OS/c1-2-3-4-7-12-25-17-10-6-5-9-15(17)19-20(23)16(14-26)21(24-22(19)25)18-11-8-13-27-18/h5-6,8-11,13-14H,2-4,7,12H2,1H3. The summed E-state index contributed by atoms with van der Waals surface area (Å²) < 4.78 is 2.26. The summed E-state index contributed by atoms with van der Waals surface area (Å²) in [5.74, 6) is 0. The third-order valence-corrected chi connectivity index (χ3v) is 6.25. The number of fused-ring (bicyclic) bond motifs is 3. The van der Waals surface area contributed by atoms with E-state index in [0.29, 0.717) is 16.3 Å². The third-order valence-electron chi connectivity index (χ3n) is 4.98. The Kier molecular flexibility index (Phi) is 5.28. The number of unbranched alkanes of at least 4 members (excludes halogenated alkanes) is 3. The minimum Gasteiger partial charge on any atom is -0.325 e. The Morgan fingerprint density at radius 3 is 2.74 bits per heavy atom. The summed E-state index contributed by atoms with van der Waals surface area (Å²) in [6.07, 6.45) is 5.58. The SMILES string of the molecule is CCCCCCn1c2ccccc2c2c(Cl)c(C=O)c(-c3cccs3)nc21. The maximum atomic E-state index is 11.8. The Balaban J connectivity index is 1.98. The summed E-state index contributed by atoms with van der Waals surface area (Å²) in [4.78, 5) is 17.8. The van der Waals surface area contributed by atoms with Gasteiger partial charge in [-0.1, -0.05) is 62.1 Å². The van der Waals surface area contributed by atoms with Gasteiger partial charge in [-0.2, -0.15) is 0 Å². The Labute approximate surface area is 167 Å². The summed E-state index contributed by atoms with van der Waals surface area (Å²) in [6, 6.07) is 12.2. The first-order valence-electron chi connectivity index (χ1n) is 9.35. The fourth-order valence-corrected chi connectivity index (χ4v) is 4.71. The quantitative estimate of drug-likeness (QED) is 0.250. The molecule has 0 atom stereocenters. The fraction of sp³-hybridized carbons (Fsp3) is 0.273. The summed E-state index contributed by atoms with van der Waals surface area (Å²) in [5.41, 5.74) is 3.14. The largest absolute Gasteiger partial charge is 0.325 e. The van der Waals surface area contributed by atoms with Gasteiger partial charge in [0.2, 0.25) is 0 Å². The highest BCUT2D eigenvalue weighted by Crippen LogP contribution is 2.39. The van der Waals surface area contributed by atoms with Crippen molar-refractivity contribution in [3.63, 3.8) is 0 Å². The Morgan fingerprint density at radius 1 is 1.15 bits per heavy atom. The number of halogens is 1. The molecule has 3 heterocycles. The van der Waals surface area contributed by atoms with Crippen molar-refractivity contribution in [3.05, 3.63) is 52.4 Å². The van der Waals surface area contributed by atoms with Crippen molar-refractivity contribution in [1.29, 1.82) is 0 Å². The number of benzene rings is 1. The van der Waals surface area contributed by atoms with E-state index in [9.17, 15) is 4.79 Å². The van der Waals surface area contributed by atoms with Gasteiger partial charge in [0.05, 0.1) is 26.7 Å². The summed E-state index contributed by atoms with van der Waals surface area (Å²) in [6.45, 7) is 3.12. The Morgan fingerprint density at radius 2 is 2.00 bits per heavy atom. The van der Waals surface area contributed by atoms with Crippen molar-refractivity contribution < 1.29 is 4.79 Å². The molecule has 0 saturated heterocycles. The molecule has 0 N–H and O–H groups in total. The summed E-state index contributed by atoms with van der Waals surface area (Å²) >= 11 is 8.33. The van der Waals surface area contributed by atoms with Crippen molar-refractivity contribution in [2.75, 3.05) is 0 Å². The molecule has 0 bridgehead atoms. The zero-order valence-corrected chi connectivity index (χ0v) is 16.8. The minimum atomic E-state index is 0.473. The lowest BCUT2D eigenvalue weighted by Crippen LogP contribution is -2.01. The molecule has 27 heavy (non-hydrogen) atoms. The number of rotatable bonds is 7. The number of aromatic nitrogens is 2. The van der Waals surface area contributed by atoms with Crippen LogP contribution in [-0.4, -0.2) is 15.8 Å². The fourth-order valence-electron chi connectivity index (χ4n) is 3.66. The van der Waals surface area contributed by atoms with Crippen LogP contribution in [0.5, 0.6) is 0 Å². The third kappa shape index (κ3) is 3.17. The first kappa shape index (κ1) is 18.2. The van der Waals surface area contributed by atoms with E-state index >= 15 is 0 Å². The van der Waals surface area contributed by atoms with Crippen molar-refractivity contribution in [1.82, 2.24) is 9.55 Å². The van der Waals surface area contributed by atoms with Gasteiger partial charge in [-0.3, -0.25) is 4.79 Å². The first-order chi connectivity index (χ1) is 13.3. The van der Waals surface area contributed by atoms with E-state index in [1.807, 2.05) is 29.6 Å². The van der Waals surface area contributed by atoms with Crippen molar-refractivity contribution in [2.45, 2.75) is 39.2 Å². The van der Waals surface area contributed by atoms with Crippen molar-refractivity contribution in [2.24, 2.45) is 0 Å². The van der Waals surface area contributed by atoms with Gasteiger partial charge in [-0.05, 0) is 23.9 Å². The zero-order chi connectivity index (χ0) is 18.8. The smallest absolute Gasteiger partial charge is 0.153 e. The van der Waals surface area contributed by atoms with E-state index in [1.54, 1.807) is 11.3 Å². The highest BCUT2D eigenvalue weighted by molar-refractivity contribution is 7.13. The van der Waals surface area contributed by atoms with Crippen LogP contribution in [-0.2, 0) is 6.54 Å². The number of aldehydes is 1. The number of hydrogen-bond acceptors (Lipinski definition) is 3. The number of aryl methyl sites for hydroxylation is 1. The second-order valence-corrected chi connectivity index (χ2v) is 8.04. The molecule has 4 rings (SSSR count). The van der Waals surface area contributed by atoms with Gasteiger partial charge >= 0.3 is 0 Å². The highest BCUT2D eigenvalue weighted by Gasteiger charge is 2.21. The maximum Gasteiger partial charge on any atom is 0.153 e. The van der Waals surface area contributed by atoms with E-state index in [-0.39, 0.29) is 0 Å². The molecule has 3 nitrogen and oxygen atoms in total. The van der Waals surface area contributed by atoms with Gasteiger partial charge in [0, 0.05) is 17.3 Å². The van der Waals surface area contributed by atoms with E-state index in [0.717, 1.165) is 46.1 Å². The van der Waals surface area contributed by atoms with Crippen LogP contribution in [0, 0.1) is 0 Å². The molecule has 1 aromatic carbocycles. The summed E-state index contributed by atoms with van der Waals surface area (Å²) in [5, 5.41) is 4.43. The molecular weight excluding hydrogens is 376 g/mol. The van der Waals surface area contributed by atoms with Crippen LogP contribution in [0.4, 0.5) is 0 Å². The number of carbonyl (C=O) groups is 1. The van der Waals surface area contributed by atoms with Gasteiger partial charge in [0.25, 0.3) is 0 Å². The molecule has 5 heteroatoms. The van der Waals surface area contributed by atoms with Gasteiger partial charge in [0.1, 0.15) is 5.65 Å². The second kappa shape index (κ2) is 7.83. The molecule has 0 fully saturated rings. The number of carbonyl (C=O) groups excluding carboxylic acids is 1. The van der Waals surface area contributed by atoms with Crippen LogP contribution >= 0.6 is 22.9 Å². The molecule has 138 valence electrons. The molecule has 0 unspecified atom stereocenters. The molecule has 0 spiro atoms. The Hall–Kier alpha value is -2.17. The van der Waals surface area contributed by atoms with E-state index in [1.165, 1.54) is 19.3 Å². The molecule has 0 saturated carbocycles. The second-order valence-electron chi connectivity index (χ2n) is 6.71. The molecule has 3 aromatic heterocycles. The van der Waals surface area contributed by atoms with Crippen LogP contribution in [0.25, 0.3) is 32.5 Å². The summed E-state index contributed by atoms with van der Waals surface area (Å²) in [7, 11) is 0. The molecule has 4 aromatic rings. The van der Waals surface area contributed by atoms with Gasteiger partial charge in [0.15, 0.2) is 6.29 Å². The van der Waals surface area contributed by atoms with Crippen molar-refractivity contribution >= 4 is 51.2 Å². The number of nitrogens with zero attached hydrogens (tertiary/aromatic N) is 2. The van der Waals surface area contributed by atoms with Crippen LogP contribution in [0.1, 0.15) is 43.0 Å². The molecule has 0 radical (unpaired) electrons. The monoisotopic (exact) mass is 396 g/mol. The van der Waals surface area contributed by atoms with Gasteiger partial charge in [-0.15, -0.1) is 11.3 Å². The van der Waals surface area contributed by atoms with Crippen LogP contribution in [0.2, 0.25) is 5.02 Å². The molecule has 0 amide bonds. The molecule has 0 aliphatic carbocycles. The topological polar surface area (TPSA) is 34.9 Å². The number of para-hydroxylation sites is 1. The maximum absolute atomic E-state index is 11.8. The highest BCUT2D eigenvalue weighted by atomic mass is 35.5. The number of hydrogen-bond donors (Lipinski definition) is 0. The van der Waals surface area contributed by atoms with Gasteiger partial charge in [-0.25, -0.2) is 4.98 Å². The van der Waals surface area contributed by atoms with Crippen molar-refractivity contribution in [3.8, 4) is 10.6 Å². The molecule has 0 aliphatic heterocycles. The van der Waals surface area contributed by atoms with E-state index < -0.39 is 0 Å². The lowest BCUT2D eigenvalue weighted by molar-refractivity contribution is 0.112. The minimum absolute atomic E-state index is 0.473. The van der Waals surface area contributed by atoms with Crippen LogP contribution < -0.4 is 0 Å². The van der Waals surface area contributed by atoms with E-state index in [4.69, 9.17) is 16.6 Å². The predicted octanol–water partition coefficient (Wildman–Crippen LogP) is 6.96.